The molecule has 0 aliphatic carbocycles. The van der Waals surface area contributed by atoms with Gasteiger partial charge in [0.2, 0.25) is 0 Å². The van der Waals surface area contributed by atoms with E-state index in [1.807, 2.05) is 18.5 Å². The fourth-order valence-corrected chi connectivity index (χ4v) is 2.36. The molecule has 0 bridgehead atoms. The van der Waals surface area contributed by atoms with Gasteiger partial charge >= 0.3 is 0 Å². The topological polar surface area (TPSA) is 41.1 Å². The maximum absolute atomic E-state index is 4.52. The van der Waals surface area contributed by atoms with Crippen molar-refractivity contribution in [3.05, 3.63) is 12.3 Å². The largest absolute Gasteiger partial charge is 0.356 e. The number of halogens is 1. The molecule has 6 heteroatoms. The Morgan fingerprint density at radius 1 is 1.41 bits per heavy atom. The van der Waals surface area contributed by atoms with E-state index in [1.54, 1.807) is 11.8 Å². The van der Waals surface area contributed by atoms with Gasteiger partial charge in [0, 0.05) is 19.3 Å². The molecule has 1 aliphatic heterocycles. The molecule has 1 aliphatic rings. The summed E-state index contributed by atoms with van der Waals surface area (Å²) in [5.74, 6) is 1.03. The minimum Gasteiger partial charge on any atom is -0.356 e. The van der Waals surface area contributed by atoms with Gasteiger partial charge in [-0.2, -0.15) is 0 Å². The number of nitrogens with zero attached hydrogens (tertiary/aromatic N) is 3. The van der Waals surface area contributed by atoms with Gasteiger partial charge in [0.1, 0.15) is 5.82 Å². The first-order valence-corrected chi connectivity index (χ1v) is 6.84. The second-order valence-corrected chi connectivity index (χ2v) is 4.77. The lowest BCUT2D eigenvalue weighted by Crippen LogP contribution is -2.41. The lowest BCUT2D eigenvalue weighted by atomic mass is 10.1. The smallest absolute Gasteiger partial charge is 0.189 e. The molecule has 0 saturated carbocycles. The summed E-state index contributed by atoms with van der Waals surface area (Å²) in [4.78, 5) is 11.0. The van der Waals surface area contributed by atoms with E-state index < -0.39 is 0 Å². The summed E-state index contributed by atoms with van der Waals surface area (Å²) < 4.78 is 0. The highest BCUT2D eigenvalue weighted by Gasteiger charge is 2.18. The zero-order valence-corrected chi connectivity index (χ0v) is 11.9. The molecule has 2 heterocycles. The highest BCUT2D eigenvalue weighted by Crippen LogP contribution is 2.19. The van der Waals surface area contributed by atoms with Crippen LogP contribution in [-0.2, 0) is 0 Å². The molecule has 0 amide bonds. The van der Waals surface area contributed by atoms with E-state index in [2.05, 4.69) is 27.2 Å². The average Bonchev–Trinajstić information content (AvgIpc) is 2.39. The molecule has 0 radical (unpaired) electrons. The monoisotopic (exact) mass is 274 g/mol. The molecule has 0 atom stereocenters. The van der Waals surface area contributed by atoms with Crippen molar-refractivity contribution in [1.82, 2.24) is 15.3 Å². The number of piperidine rings is 1. The second-order valence-electron chi connectivity index (χ2n) is 3.99. The Morgan fingerprint density at radius 2 is 2.12 bits per heavy atom. The van der Waals surface area contributed by atoms with Gasteiger partial charge < -0.3 is 10.2 Å². The number of hydrogen-bond donors (Lipinski definition) is 1. The van der Waals surface area contributed by atoms with E-state index in [0.717, 1.165) is 24.1 Å². The van der Waals surface area contributed by atoms with Gasteiger partial charge in [-0.15, -0.1) is 12.4 Å². The number of rotatable bonds is 3. The van der Waals surface area contributed by atoms with Crippen LogP contribution < -0.4 is 10.2 Å². The standard InChI is InChI=1S/C11H18N4S.ClH/c1-15(9-3-6-12-7-4-9)10-5-8-13-11(14-10)16-2;/h5,8-9,12H,3-4,6-7H2,1-2H3;1H. The van der Waals surface area contributed by atoms with Crippen LogP contribution in [0.2, 0.25) is 0 Å². The molecular formula is C11H19ClN4S. The van der Waals surface area contributed by atoms with Crippen LogP contribution in [0.4, 0.5) is 5.82 Å². The predicted octanol–water partition coefficient (Wildman–Crippen LogP) is 1.81. The van der Waals surface area contributed by atoms with Crippen molar-refractivity contribution in [2.45, 2.75) is 24.0 Å². The maximum Gasteiger partial charge on any atom is 0.189 e. The van der Waals surface area contributed by atoms with Crippen molar-refractivity contribution in [3.8, 4) is 0 Å². The van der Waals surface area contributed by atoms with E-state index in [0.29, 0.717) is 6.04 Å². The highest BCUT2D eigenvalue weighted by atomic mass is 35.5. The van der Waals surface area contributed by atoms with Gasteiger partial charge in [-0.1, -0.05) is 11.8 Å². The predicted molar refractivity (Wildman–Crippen MR) is 75.4 cm³/mol. The SMILES string of the molecule is CSc1nccc(N(C)C2CCNCC2)n1.Cl. The normalized spacial score (nSPS) is 16.4. The number of aromatic nitrogens is 2. The Labute approximate surface area is 113 Å². The van der Waals surface area contributed by atoms with E-state index in [-0.39, 0.29) is 12.4 Å². The second kappa shape index (κ2) is 7.03. The quantitative estimate of drug-likeness (QED) is 0.673. The first kappa shape index (κ1) is 14.5. The first-order chi connectivity index (χ1) is 7.81. The van der Waals surface area contributed by atoms with Crippen molar-refractivity contribution >= 4 is 30.0 Å². The molecule has 17 heavy (non-hydrogen) atoms. The number of hydrogen-bond acceptors (Lipinski definition) is 5. The molecule has 96 valence electrons. The first-order valence-electron chi connectivity index (χ1n) is 5.62. The van der Waals surface area contributed by atoms with Crippen molar-refractivity contribution in [3.63, 3.8) is 0 Å². The molecule has 1 aromatic heterocycles. The molecule has 0 aromatic carbocycles. The van der Waals surface area contributed by atoms with Crippen molar-refractivity contribution in [2.24, 2.45) is 0 Å². The zero-order chi connectivity index (χ0) is 11.4. The third-order valence-corrected chi connectivity index (χ3v) is 3.58. The third kappa shape index (κ3) is 3.72. The van der Waals surface area contributed by atoms with Crippen LogP contribution in [0.25, 0.3) is 0 Å². The summed E-state index contributed by atoms with van der Waals surface area (Å²) in [7, 11) is 2.13. The highest BCUT2D eigenvalue weighted by molar-refractivity contribution is 7.98. The van der Waals surface area contributed by atoms with Gasteiger partial charge in [0.05, 0.1) is 0 Å². The maximum atomic E-state index is 4.52. The van der Waals surface area contributed by atoms with E-state index in [4.69, 9.17) is 0 Å². The lowest BCUT2D eigenvalue weighted by Gasteiger charge is -2.32. The van der Waals surface area contributed by atoms with Crippen LogP contribution in [0.3, 0.4) is 0 Å². The summed E-state index contributed by atoms with van der Waals surface area (Å²) in [5, 5.41) is 4.23. The molecule has 2 rings (SSSR count). The molecular weight excluding hydrogens is 256 g/mol. The Bertz CT molecular complexity index is 344. The number of thioether (sulfide) groups is 1. The van der Waals surface area contributed by atoms with Crippen LogP contribution in [0.15, 0.2) is 17.4 Å². The Hall–Kier alpha value is -0.520. The van der Waals surface area contributed by atoms with Crippen molar-refractivity contribution in [2.75, 3.05) is 31.3 Å². The van der Waals surface area contributed by atoms with Gasteiger partial charge in [-0.05, 0) is 38.3 Å². The minimum atomic E-state index is 0. The molecule has 1 N–H and O–H groups in total. The van der Waals surface area contributed by atoms with Gasteiger partial charge in [-0.25, -0.2) is 9.97 Å². The minimum absolute atomic E-state index is 0. The summed E-state index contributed by atoms with van der Waals surface area (Å²) in [6.45, 7) is 2.21. The molecule has 0 unspecified atom stereocenters. The van der Waals surface area contributed by atoms with Crippen LogP contribution >= 0.6 is 24.2 Å². The molecule has 1 aromatic rings. The van der Waals surface area contributed by atoms with E-state index in [9.17, 15) is 0 Å². The van der Waals surface area contributed by atoms with Crippen LogP contribution in [0.5, 0.6) is 0 Å². The Balaban J connectivity index is 0.00000144. The number of nitrogens with one attached hydrogen (secondary N) is 1. The lowest BCUT2D eigenvalue weighted by molar-refractivity contribution is 0.441. The van der Waals surface area contributed by atoms with Crippen LogP contribution in [0, 0.1) is 0 Å². The van der Waals surface area contributed by atoms with Crippen molar-refractivity contribution < 1.29 is 0 Å². The molecule has 0 spiro atoms. The van der Waals surface area contributed by atoms with Gasteiger partial charge in [0.25, 0.3) is 0 Å². The fraction of sp³-hybridized carbons (Fsp3) is 0.636. The number of anilines is 1. The summed E-state index contributed by atoms with van der Waals surface area (Å²) in [6.07, 6.45) is 6.22. The van der Waals surface area contributed by atoms with Gasteiger partial charge in [0.15, 0.2) is 5.16 Å². The van der Waals surface area contributed by atoms with Crippen molar-refractivity contribution in [1.29, 1.82) is 0 Å². The molecule has 4 nitrogen and oxygen atoms in total. The van der Waals surface area contributed by atoms with Crippen LogP contribution in [0.1, 0.15) is 12.8 Å². The average molecular weight is 275 g/mol. The molecule has 1 saturated heterocycles. The Kier molecular flexibility index (Phi) is 6.02. The summed E-state index contributed by atoms with van der Waals surface area (Å²) in [6, 6.07) is 2.59. The van der Waals surface area contributed by atoms with Crippen LogP contribution in [-0.4, -0.2) is 42.4 Å². The molecule has 1 fully saturated rings. The summed E-state index contributed by atoms with van der Waals surface area (Å²) >= 11 is 1.59. The van der Waals surface area contributed by atoms with E-state index in [1.165, 1.54) is 12.8 Å². The van der Waals surface area contributed by atoms with E-state index >= 15 is 0 Å². The third-order valence-electron chi connectivity index (χ3n) is 3.02. The summed E-state index contributed by atoms with van der Waals surface area (Å²) in [5.41, 5.74) is 0. The van der Waals surface area contributed by atoms with Gasteiger partial charge in [-0.3, -0.25) is 0 Å². The zero-order valence-electron chi connectivity index (χ0n) is 10.2. The Morgan fingerprint density at radius 3 is 2.76 bits per heavy atom. The fourth-order valence-electron chi connectivity index (χ4n) is 2.01.